The summed E-state index contributed by atoms with van der Waals surface area (Å²) in [5.74, 6) is -1.22. The van der Waals surface area contributed by atoms with Crippen LogP contribution in [0.2, 0.25) is 0 Å². The fourth-order valence-electron chi connectivity index (χ4n) is 2.85. The van der Waals surface area contributed by atoms with E-state index in [2.05, 4.69) is 0 Å². The topological polar surface area (TPSA) is 66.8 Å². The van der Waals surface area contributed by atoms with Gasteiger partial charge in [-0.3, -0.25) is 4.79 Å². The van der Waals surface area contributed by atoms with Crippen LogP contribution in [0, 0.1) is 13.8 Å². The minimum absolute atomic E-state index is 0.0897. The van der Waals surface area contributed by atoms with Crippen LogP contribution >= 0.6 is 0 Å². The summed E-state index contributed by atoms with van der Waals surface area (Å²) in [4.78, 5) is 25.4. The van der Waals surface area contributed by atoms with Gasteiger partial charge in [0, 0.05) is 6.04 Å². The summed E-state index contributed by atoms with van der Waals surface area (Å²) in [6.07, 6.45) is -1.04. The van der Waals surface area contributed by atoms with Crippen molar-refractivity contribution >= 4 is 11.9 Å². The number of carbonyl (C=O) groups is 2. The Labute approximate surface area is 124 Å². The van der Waals surface area contributed by atoms with Crippen LogP contribution in [0.15, 0.2) is 18.2 Å². The van der Waals surface area contributed by atoms with E-state index in [9.17, 15) is 14.7 Å². The SMILES string of the molecule is Cc1cccc(C2C(C(=O)O)OCC(=O)N2C(C)C)c1C. The summed E-state index contributed by atoms with van der Waals surface area (Å²) in [6, 6.07) is 5.05. The Morgan fingerprint density at radius 2 is 2.05 bits per heavy atom. The molecule has 1 aliphatic rings. The Hall–Kier alpha value is -1.88. The van der Waals surface area contributed by atoms with Crippen LogP contribution in [-0.4, -0.2) is 40.6 Å². The molecule has 1 aliphatic heterocycles. The Morgan fingerprint density at radius 1 is 1.38 bits per heavy atom. The zero-order valence-corrected chi connectivity index (χ0v) is 12.8. The lowest BCUT2D eigenvalue weighted by Crippen LogP contribution is -2.54. The number of carboxylic acids is 1. The number of aliphatic carboxylic acids is 1. The first-order valence-corrected chi connectivity index (χ1v) is 7.06. The largest absolute Gasteiger partial charge is 0.479 e. The van der Waals surface area contributed by atoms with Gasteiger partial charge >= 0.3 is 5.97 Å². The first kappa shape index (κ1) is 15.5. The number of amides is 1. The number of rotatable bonds is 3. The van der Waals surface area contributed by atoms with Gasteiger partial charge in [-0.25, -0.2) is 4.79 Å². The Morgan fingerprint density at radius 3 is 2.62 bits per heavy atom. The summed E-state index contributed by atoms with van der Waals surface area (Å²) in [6.45, 7) is 7.51. The van der Waals surface area contributed by atoms with Crippen molar-refractivity contribution < 1.29 is 19.4 Å². The van der Waals surface area contributed by atoms with Crippen molar-refractivity contribution in [1.82, 2.24) is 4.90 Å². The highest BCUT2D eigenvalue weighted by molar-refractivity contribution is 5.83. The third-order valence-corrected chi connectivity index (χ3v) is 4.03. The van der Waals surface area contributed by atoms with Crippen molar-refractivity contribution in [2.75, 3.05) is 6.61 Å². The van der Waals surface area contributed by atoms with Crippen molar-refractivity contribution in [1.29, 1.82) is 0 Å². The smallest absolute Gasteiger partial charge is 0.335 e. The molecule has 0 spiro atoms. The summed E-state index contributed by atoms with van der Waals surface area (Å²) in [5, 5.41) is 9.45. The number of ether oxygens (including phenoxy) is 1. The van der Waals surface area contributed by atoms with Crippen LogP contribution in [0.4, 0.5) is 0 Å². The minimum atomic E-state index is -1.04. The number of morpholine rings is 1. The number of carbonyl (C=O) groups excluding carboxylic acids is 1. The van der Waals surface area contributed by atoms with E-state index >= 15 is 0 Å². The lowest BCUT2D eigenvalue weighted by atomic mass is 9.91. The van der Waals surface area contributed by atoms with Crippen LogP contribution < -0.4 is 0 Å². The summed E-state index contributed by atoms with van der Waals surface area (Å²) >= 11 is 0. The molecule has 2 atom stereocenters. The zero-order valence-electron chi connectivity index (χ0n) is 12.8. The Bertz CT molecular complexity index is 567. The number of nitrogens with zero attached hydrogens (tertiary/aromatic N) is 1. The van der Waals surface area contributed by atoms with Crippen LogP contribution in [0.25, 0.3) is 0 Å². The first-order chi connectivity index (χ1) is 9.84. The molecule has 21 heavy (non-hydrogen) atoms. The Kier molecular flexibility index (Phi) is 4.32. The number of aryl methyl sites for hydroxylation is 1. The normalized spacial score (nSPS) is 22.7. The molecule has 1 aromatic rings. The number of hydrogen-bond donors (Lipinski definition) is 1. The van der Waals surface area contributed by atoms with E-state index in [0.29, 0.717) is 0 Å². The molecule has 0 radical (unpaired) electrons. The van der Waals surface area contributed by atoms with E-state index in [0.717, 1.165) is 16.7 Å². The molecule has 1 fully saturated rings. The van der Waals surface area contributed by atoms with E-state index in [1.807, 2.05) is 45.9 Å². The highest BCUT2D eigenvalue weighted by atomic mass is 16.5. The maximum atomic E-state index is 12.2. The zero-order chi connectivity index (χ0) is 15.7. The lowest BCUT2D eigenvalue weighted by molar-refractivity contribution is -0.175. The third kappa shape index (κ3) is 2.78. The Balaban J connectivity index is 2.57. The number of benzene rings is 1. The predicted molar refractivity (Wildman–Crippen MR) is 78.0 cm³/mol. The maximum absolute atomic E-state index is 12.2. The molecular weight excluding hydrogens is 270 g/mol. The van der Waals surface area contributed by atoms with E-state index in [1.54, 1.807) is 4.90 Å². The average molecular weight is 291 g/mol. The molecule has 0 saturated carbocycles. The van der Waals surface area contributed by atoms with Gasteiger partial charge in [-0.15, -0.1) is 0 Å². The van der Waals surface area contributed by atoms with Crippen molar-refractivity contribution in [3.8, 4) is 0 Å². The molecule has 1 amide bonds. The second-order valence-corrected chi connectivity index (χ2v) is 5.70. The molecule has 2 rings (SSSR count). The quantitative estimate of drug-likeness (QED) is 0.925. The molecule has 0 aliphatic carbocycles. The molecular formula is C16H21NO4. The van der Waals surface area contributed by atoms with Gasteiger partial charge in [-0.1, -0.05) is 18.2 Å². The highest BCUT2D eigenvalue weighted by Gasteiger charge is 2.43. The number of hydrogen-bond acceptors (Lipinski definition) is 3. The molecule has 0 bridgehead atoms. The number of carboxylic acid groups (broad SMARTS) is 1. The van der Waals surface area contributed by atoms with Gasteiger partial charge in [0.2, 0.25) is 5.91 Å². The van der Waals surface area contributed by atoms with Crippen molar-refractivity contribution in [2.24, 2.45) is 0 Å². The highest BCUT2D eigenvalue weighted by Crippen LogP contribution is 2.34. The van der Waals surface area contributed by atoms with Gasteiger partial charge in [0.1, 0.15) is 6.61 Å². The van der Waals surface area contributed by atoms with E-state index in [1.165, 1.54) is 0 Å². The summed E-state index contributed by atoms with van der Waals surface area (Å²) in [5.41, 5.74) is 2.90. The standard InChI is InChI=1S/C16H21NO4/c1-9(2)17-13(18)8-21-15(16(19)20)14(17)12-7-5-6-10(3)11(12)4/h5-7,9,14-15H,8H2,1-4H3,(H,19,20). The van der Waals surface area contributed by atoms with E-state index < -0.39 is 18.1 Å². The molecule has 5 heteroatoms. The van der Waals surface area contributed by atoms with Crippen LogP contribution in [0.3, 0.4) is 0 Å². The van der Waals surface area contributed by atoms with Crippen molar-refractivity contribution in [2.45, 2.75) is 45.9 Å². The molecule has 1 N–H and O–H groups in total. The second kappa shape index (κ2) is 5.85. The monoisotopic (exact) mass is 291 g/mol. The molecule has 0 aromatic heterocycles. The van der Waals surface area contributed by atoms with Crippen LogP contribution in [0.1, 0.15) is 36.6 Å². The van der Waals surface area contributed by atoms with Crippen molar-refractivity contribution in [3.63, 3.8) is 0 Å². The van der Waals surface area contributed by atoms with Gasteiger partial charge in [-0.2, -0.15) is 0 Å². The fraction of sp³-hybridized carbons (Fsp3) is 0.500. The molecule has 1 aromatic carbocycles. The molecule has 1 saturated heterocycles. The summed E-state index contributed by atoms with van der Waals surface area (Å²) in [7, 11) is 0. The van der Waals surface area contributed by atoms with Gasteiger partial charge in [0.25, 0.3) is 0 Å². The van der Waals surface area contributed by atoms with Gasteiger partial charge in [0.05, 0.1) is 6.04 Å². The molecule has 114 valence electrons. The van der Waals surface area contributed by atoms with Gasteiger partial charge in [-0.05, 0) is 44.4 Å². The first-order valence-electron chi connectivity index (χ1n) is 7.06. The van der Waals surface area contributed by atoms with Gasteiger partial charge in [0.15, 0.2) is 6.10 Å². The fourth-order valence-corrected chi connectivity index (χ4v) is 2.85. The third-order valence-electron chi connectivity index (χ3n) is 4.03. The average Bonchev–Trinajstić information content (AvgIpc) is 2.40. The summed E-state index contributed by atoms with van der Waals surface area (Å²) < 4.78 is 5.30. The van der Waals surface area contributed by atoms with Crippen LogP contribution in [0.5, 0.6) is 0 Å². The minimum Gasteiger partial charge on any atom is -0.479 e. The van der Waals surface area contributed by atoms with Crippen LogP contribution in [-0.2, 0) is 14.3 Å². The maximum Gasteiger partial charge on any atom is 0.335 e. The predicted octanol–water partition coefficient (Wildman–Crippen LogP) is 2.06. The molecule has 2 unspecified atom stereocenters. The van der Waals surface area contributed by atoms with E-state index in [4.69, 9.17) is 4.74 Å². The van der Waals surface area contributed by atoms with Crippen molar-refractivity contribution in [3.05, 3.63) is 34.9 Å². The molecule has 1 heterocycles. The lowest BCUT2D eigenvalue weighted by Gasteiger charge is -2.42. The van der Waals surface area contributed by atoms with Gasteiger partial charge < -0.3 is 14.7 Å². The second-order valence-electron chi connectivity index (χ2n) is 5.70. The van der Waals surface area contributed by atoms with E-state index in [-0.39, 0.29) is 18.6 Å². The molecule has 5 nitrogen and oxygen atoms in total.